The van der Waals surface area contributed by atoms with Gasteiger partial charge in [0.05, 0.1) is 6.61 Å². The molecule has 0 amide bonds. The summed E-state index contributed by atoms with van der Waals surface area (Å²) < 4.78 is 36.3. The Balaban J connectivity index is 2.18. The van der Waals surface area contributed by atoms with Crippen LogP contribution in [0.1, 0.15) is 30.3 Å². The fourth-order valence-electron chi connectivity index (χ4n) is 2.29. The van der Waals surface area contributed by atoms with E-state index in [0.29, 0.717) is 13.1 Å². The van der Waals surface area contributed by atoms with Gasteiger partial charge in [0.1, 0.15) is 0 Å². The molecule has 7 nitrogen and oxygen atoms in total. The maximum absolute atomic E-state index is 12.5. The average Bonchev–Trinajstić information content (AvgIpc) is 2.98. The molecule has 2 heterocycles. The Kier molecular flexibility index (Phi) is 5.02. The fourth-order valence-corrected chi connectivity index (χ4v) is 3.73. The zero-order valence-corrected chi connectivity index (χ0v) is 13.0. The Morgan fingerprint density at radius 1 is 1.52 bits per heavy atom. The van der Waals surface area contributed by atoms with Crippen LogP contribution in [0.5, 0.6) is 0 Å². The van der Waals surface area contributed by atoms with Crippen LogP contribution in [-0.2, 0) is 14.8 Å². The van der Waals surface area contributed by atoms with Crippen molar-refractivity contribution in [3.05, 3.63) is 17.9 Å². The molecule has 1 fully saturated rings. The number of hydrogen-bond acceptors (Lipinski definition) is 6. The first-order valence-corrected chi connectivity index (χ1v) is 8.37. The Labute approximate surface area is 124 Å². The SMILES string of the molecule is CCOC(=O)c1ccc(S(=O)(=O)N2CCCC(NC)C2)o1. The maximum Gasteiger partial charge on any atom is 0.374 e. The summed E-state index contributed by atoms with van der Waals surface area (Å²) in [5, 5.41) is 2.87. The third kappa shape index (κ3) is 3.45. The Morgan fingerprint density at radius 3 is 2.95 bits per heavy atom. The number of nitrogens with one attached hydrogen (secondary N) is 1. The van der Waals surface area contributed by atoms with Gasteiger partial charge in [-0.25, -0.2) is 13.2 Å². The number of furan rings is 1. The second-order valence-electron chi connectivity index (χ2n) is 4.83. The number of nitrogens with zero attached hydrogens (tertiary/aromatic N) is 1. The second kappa shape index (κ2) is 6.59. The van der Waals surface area contributed by atoms with Crippen LogP contribution in [-0.4, -0.2) is 51.5 Å². The molecule has 0 radical (unpaired) electrons. The van der Waals surface area contributed by atoms with E-state index >= 15 is 0 Å². The predicted molar refractivity (Wildman–Crippen MR) is 75.5 cm³/mol. The van der Waals surface area contributed by atoms with Crippen molar-refractivity contribution < 1.29 is 22.4 Å². The first kappa shape index (κ1) is 16.0. The van der Waals surface area contributed by atoms with Crippen molar-refractivity contribution >= 4 is 16.0 Å². The van der Waals surface area contributed by atoms with E-state index in [1.54, 1.807) is 6.92 Å². The largest absolute Gasteiger partial charge is 0.460 e. The number of rotatable bonds is 5. The zero-order valence-electron chi connectivity index (χ0n) is 12.2. The topological polar surface area (TPSA) is 88.9 Å². The van der Waals surface area contributed by atoms with Crippen LogP contribution in [0.4, 0.5) is 0 Å². The molecule has 8 heteroatoms. The highest BCUT2D eigenvalue weighted by Crippen LogP contribution is 2.22. The molecule has 1 unspecified atom stereocenters. The highest BCUT2D eigenvalue weighted by molar-refractivity contribution is 7.89. The molecule has 1 N–H and O–H groups in total. The lowest BCUT2D eigenvalue weighted by Gasteiger charge is -2.30. The summed E-state index contributed by atoms with van der Waals surface area (Å²) >= 11 is 0. The molecule has 0 aliphatic carbocycles. The molecular formula is C13H20N2O5S. The summed E-state index contributed by atoms with van der Waals surface area (Å²) in [6, 6.07) is 2.75. The zero-order chi connectivity index (χ0) is 15.5. The molecule has 118 valence electrons. The molecule has 1 aliphatic heterocycles. The maximum atomic E-state index is 12.5. The summed E-state index contributed by atoms with van der Waals surface area (Å²) in [4.78, 5) is 11.5. The van der Waals surface area contributed by atoms with Crippen molar-refractivity contribution in [2.24, 2.45) is 0 Å². The third-order valence-corrected chi connectivity index (χ3v) is 5.18. The number of likely N-dealkylation sites (N-methyl/N-ethyl adjacent to an activating group) is 1. The van der Waals surface area contributed by atoms with Crippen LogP contribution in [0, 0.1) is 0 Å². The number of sulfonamides is 1. The number of carbonyl (C=O) groups excluding carboxylic acids is 1. The Morgan fingerprint density at radius 2 is 2.29 bits per heavy atom. The number of esters is 1. The minimum atomic E-state index is -3.71. The predicted octanol–water partition coefficient (Wildman–Crippen LogP) is 0.829. The summed E-state index contributed by atoms with van der Waals surface area (Å²) in [6.45, 7) is 2.73. The molecule has 1 saturated heterocycles. The lowest BCUT2D eigenvalue weighted by atomic mass is 10.1. The number of piperidine rings is 1. The standard InChI is InChI=1S/C13H20N2O5S/c1-3-19-13(16)11-6-7-12(20-11)21(17,18)15-8-4-5-10(9-15)14-2/h6-7,10,14H,3-5,8-9H2,1-2H3. The van der Waals surface area contributed by atoms with Crippen LogP contribution < -0.4 is 5.32 Å². The first-order chi connectivity index (χ1) is 9.98. The molecule has 0 saturated carbocycles. The van der Waals surface area contributed by atoms with Gasteiger partial charge in [-0.05, 0) is 38.9 Å². The van der Waals surface area contributed by atoms with Gasteiger partial charge in [0.2, 0.25) is 10.9 Å². The Bertz CT molecular complexity index is 595. The first-order valence-electron chi connectivity index (χ1n) is 6.93. The molecule has 0 spiro atoms. The highest BCUT2D eigenvalue weighted by Gasteiger charge is 2.32. The van der Waals surface area contributed by atoms with E-state index in [2.05, 4.69) is 5.32 Å². The normalized spacial score (nSPS) is 20.4. The van der Waals surface area contributed by atoms with E-state index in [4.69, 9.17) is 9.15 Å². The lowest BCUT2D eigenvalue weighted by Crippen LogP contribution is -2.46. The van der Waals surface area contributed by atoms with Crippen molar-refractivity contribution in [2.45, 2.75) is 30.9 Å². The van der Waals surface area contributed by atoms with Gasteiger partial charge in [-0.15, -0.1) is 0 Å². The van der Waals surface area contributed by atoms with Crippen LogP contribution in [0.15, 0.2) is 21.6 Å². The number of ether oxygens (including phenoxy) is 1. The van der Waals surface area contributed by atoms with Crippen molar-refractivity contribution in [1.82, 2.24) is 9.62 Å². The van der Waals surface area contributed by atoms with Gasteiger partial charge in [0.15, 0.2) is 0 Å². The molecule has 1 aromatic rings. The summed E-state index contributed by atoms with van der Waals surface area (Å²) in [6.07, 6.45) is 1.73. The molecular weight excluding hydrogens is 296 g/mol. The fraction of sp³-hybridized carbons (Fsp3) is 0.615. The van der Waals surface area contributed by atoms with Crippen LogP contribution in [0.3, 0.4) is 0 Å². The summed E-state index contributed by atoms with van der Waals surface area (Å²) in [5.74, 6) is -0.761. The van der Waals surface area contributed by atoms with Crippen LogP contribution >= 0.6 is 0 Å². The number of carbonyl (C=O) groups is 1. The molecule has 1 aliphatic rings. The van der Waals surface area contributed by atoms with Crippen molar-refractivity contribution in [2.75, 3.05) is 26.7 Å². The minimum Gasteiger partial charge on any atom is -0.460 e. The Hall–Kier alpha value is -1.38. The van der Waals surface area contributed by atoms with Crippen molar-refractivity contribution in [3.8, 4) is 0 Å². The molecule has 0 aromatic carbocycles. The van der Waals surface area contributed by atoms with Gasteiger partial charge < -0.3 is 14.5 Å². The van der Waals surface area contributed by atoms with Gasteiger partial charge in [-0.2, -0.15) is 4.31 Å². The van der Waals surface area contributed by atoms with E-state index in [0.717, 1.165) is 12.8 Å². The van der Waals surface area contributed by atoms with Gasteiger partial charge in [0.25, 0.3) is 10.0 Å². The van der Waals surface area contributed by atoms with E-state index in [1.165, 1.54) is 16.4 Å². The van der Waals surface area contributed by atoms with Gasteiger partial charge in [0, 0.05) is 19.1 Å². The van der Waals surface area contributed by atoms with E-state index in [1.807, 2.05) is 7.05 Å². The lowest BCUT2D eigenvalue weighted by molar-refractivity contribution is 0.0483. The van der Waals surface area contributed by atoms with Crippen LogP contribution in [0.25, 0.3) is 0 Å². The molecule has 1 atom stereocenters. The summed E-state index contributed by atoms with van der Waals surface area (Å²) in [7, 11) is -1.90. The van der Waals surface area contributed by atoms with E-state index in [9.17, 15) is 13.2 Å². The van der Waals surface area contributed by atoms with Gasteiger partial charge in [-0.1, -0.05) is 0 Å². The smallest absolute Gasteiger partial charge is 0.374 e. The van der Waals surface area contributed by atoms with Crippen molar-refractivity contribution in [3.63, 3.8) is 0 Å². The number of hydrogen-bond donors (Lipinski definition) is 1. The molecule has 0 bridgehead atoms. The monoisotopic (exact) mass is 316 g/mol. The van der Waals surface area contributed by atoms with Crippen LogP contribution in [0.2, 0.25) is 0 Å². The molecule has 2 rings (SSSR count). The third-order valence-electron chi connectivity index (χ3n) is 3.44. The van der Waals surface area contributed by atoms with Gasteiger partial charge in [-0.3, -0.25) is 0 Å². The summed E-state index contributed by atoms with van der Waals surface area (Å²) in [5.41, 5.74) is 0. The quantitative estimate of drug-likeness (QED) is 0.809. The average molecular weight is 316 g/mol. The second-order valence-corrected chi connectivity index (χ2v) is 6.70. The minimum absolute atomic E-state index is 0.0994. The highest BCUT2D eigenvalue weighted by atomic mass is 32.2. The molecule has 21 heavy (non-hydrogen) atoms. The van der Waals surface area contributed by atoms with E-state index in [-0.39, 0.29) is 23.5 Å². The van der Waals surface area contributed by atoms with E-state index < -0.39 is 16.0 Å². The molecule has 1 aromatic heterocycles. The van der Waals surface area contributed by atoms with Gasteiger partial charge >= 0.3 is 5.97 Å². The van der Waals surface area contributed by atoms with Crippen molar-refractivity contribution in [1.29, 1.82) is 0 Å².